The van der Waals surface area contributed by atoms with E-state index in [0.29, 0.717) is 30.3 Å². The van der Waals surface area contributed by atoms with Gasteiger partial charge in [-0.3, -0.25) is 0 Å². The molecule has 0 N–H and O–H groups in total. The van der Waals surface area contributed by atoms with Crippen molar-refractivity contribution < 1.29 is 28.5 Å². The Labute approximate surface area is 171 Å². The molecule has 0 aliphatic heterocycles. The second-order valence-electron chi connectivity index (χ2n) is 9.11. The van der Waals surface area contributed by atoms with Crippen molar-refractivity contribution in [1.29, 1.82) is 0 Å². The zero-order valence-corrected chi connectivity index (χ0v) is 20.4. The quantitative estimate of drug-likeness (QED) is 0.194. The minimum atomic E-state index is -1.14. The average Bonchev–Trinajstić information content (AvgIpc) is 2.59. The second-order valence-corrected chi connectivity index (χ2v) is 20.4. The van der Waals surface area contributed by atoms with Gasteiger partial charge in [0, 0.05) is 29.4 Å². The lowest BCUT2D eigenvalue weighted by Gasteiger charge is -2.17. The molecule has 0 unspecified atom stereocenters. The number of carbonyl (C=O) groups excluding carboxylic acids is 1. The number of esters is 1. The van der Waals surface area contributed by atoms with Gasteiger partial charge >= 0.3 is 5.97 Å². The molecule has 0 fully saturated rings. The van der Waals surface area contributed by atoms with E-state index in [4.69, 9.17) is 23.7 Å². The molecule has 8 heteroatoms. The summed E-state index contributed by atoms with van der Waals surface area (Å²) in [4.78, 5) is 12.1. The van der Waals surface area contributed by atoms with Crippen molar-refractivity contribution in [2.24, 2.45) is 0 Å². The van der Waals surface area contributed by atoms with Gasteiger partial charge in [-0.05, 0) is 30.3 Å². The van der Waals surface area contributed by atoms with Gasteiger partial charge < -0.3 is 23.7 Å². The van der Waals surface area contributed by atoms with Gasteiger partial charge in [-0.15, -0.1) is 0 Å². The molecule has 1 aromatic rings. The minimum absolute atomic E-state index is 0.0917. The molecule has 0 radical (unpaired) electrons. The normalized spacial score (nSPS) is 12.0. The number of methoxy groups -OCH3 is 1. The van der Waals surface area contributed by atoms with Crippen LogP contribution in [0.2, 0.25) is 51.4 Å². The van der Waals surface area contributed by atoms with Gasteiger partial charge in [0.15, 0.2) is 13.6 Å². The van der Waals surface area contributed by atoms with Crippen LogP contribution >= 0.6 is 0 Å². The van der Waals surface area contributed by atoms with E-state index in [1.54, 1.807) is 18.2 Å². The standard InChI is InChI=1S/C20H36O6Si2/c1-22-20(21)18-14-17(25-15-23-10-12-27(2,3)4)8-9-19(18)26-16-24-11-13-28(5,6)7/h8-9,14H,10-13,15-16H2,1-7H3. The van der Waals surface area contributed by atoms with Crippen molar-refractivity contribution in [2.75, 3.05) is 33.9 Å². The molecule has 0 aliphatic carbocycles. The maximum Gasteiger partial charge on any atom is 0.341 e. The lowest BCUT2D eigenvalue weighted by molar-refractivity contribution is 0.0184. The van der Waals surface area contributed by atoms with Gasteiger partial charge in [0.25, 0.3) is 0 Å². The zero-order chi connectivity index (χ0) is 21.2. The first kappa shape index (κ1) is 24.7. The largest absolute Gasteiger partial charge is 0.468 e. The number of carbonyl (C=O) groups is 1. The van der Waals surface area contributed by atoms with E-state index in [0.717, 1.165) is 12.1 Å². The molecule has 0 aliphatic rings. The third-order valence-corrected chi connectivity index (χ3v) is 7.36. The van der Waals surface area contributed by atoms with Crippen molar-refractivity contribution >= 4 is 22.1 Å². The van der Waals surface area contributed by atoms with Crippen molar-refractivity contribution in [3.05, 3.63) is 23.8 Å². The van der Waals surface area contributed by atoms with Crippen LogP contribution in [0.15, 0.2) is 18.2 Å². The van der Waals surface area contributed by atoms with E-state index in [1.807, 2.05) is 0 Å². The third kappa shape index (κ3) is 10.8. The maximum atomic E-state index is 12.1. The van der Waals surface area contributed by atoms with Crippen LogP contribution in [-0.2, 0) is 14.2 Å². The summed E-state index contributed by atoms with van der Waals surface area (Å²) >= 11 is 0. The van der Waals surface area contributed by atoms with Crippen molar-refractivity contribution in [3.8, 4) is 11.5 Å². The summed E-state index contributed by atoms with van der Waals surface area (Å²) in [5.74, 6) is 0.453. The number of hydrogen-bond acceptors (Lipinski definition) is 6. The Morgan fingerprint density at radius 1 is 0.857 bits per heavy atom. The Morgan fingerprint density at radius 3 is 1.89 bits per heavy atom. The van der Waals surface area contributed by atoms with Gasteiger partial charge in [-0.25, -0.2) is 4.79 Å². The Kier molecular flexibility index (Phi) is 10.2. The van der Waals surface area contributed by atoms with Crippen molar-refractivity contribution in [3.63, 3.8) is 0 Å². The predicted molar refractivity (Wildman–Crippen MR) is 117 cm³/mol. The topological polar surface area (TPSA) is 63.2 Å². The van der Waals surface area contributed by atoms with Crippen LogP contribution in [0, 0.1) is 0 Å². The molecule has 6 nitrogen and oxygen atoms in total. The molecule has 0 amide bonds. The van der Waals surface area contributed by atoms with Crippen LogP contribution in [-0.4, -0.2) is 56.0 Å². The van der Waals surface area contributed by atoms with Crippen LogP contribution in [0.1, 0.15) is 10.4 Å². The molecule has 0 spiro atoms. The summed E-state index contributed by atoms with van der Waals surface area (Å²) < 4.78 is 27.1. The molecular weight excluding hydrogens is 392 g/mol. The first-order valence-corrected chi connectivity index (χ1v) is 17.1. The summed E-state index contributed by atoms with van der Waals surface area (Å²) in [6.07, 6.45) is 0. The fourth-order valence-electron chi connectivity index (χ4n) is 2.08. The van der Waals surface area contributed by atoms with Crippen LogP contribution in [0.4, 0.5) is 0 Å². The minimum Gasteiger partial charge on any atom is -0.468 e. The monoisotopic (exact) mass is 428 g/mol. The lowest BCUT2D eigenvalue weighted by Crippen LogP contribution is -2.22. The molecule has 0 bridgehead atoms. The molecule has 0 heterocycles. The highest BCUT2D eigenvalue weighted by atomic mass is 28.3. The third-order valence-electron chi connectivity index (χ3n) is 3.96. The highest BCUT2D eigenvalue weighted by molar-refractivity contribution is 6.76. The number of benzene rings is 1. The Balaban J connectivity index is 2.56. The first-order chi connectivity index (χ1) is 13.0. The van der Waals surface area contributed by atoms with Gasteiger partial charge in [0.1, 0.15) is 17.1 Å². The first-order valence-electron chi connectivity index (χ1n) is 9.65. The van der Waals surface area contributed by atoms with Gasteiger partial charge in [0.05, 0.1) is 7.11 Å². The van der Waals surface area contributed by atoms with Crippen molar-refractivity contribution in [1.82, 2.24) is 0 Å². The SMILES string of the molecule is COC(=O)c1cc(OCOCC[Si](C)(C)C)ccc1OCOCC[Si](C)(C)C. The van der Waals surface area contributed by atoms with E-state index in [2.05, 4.69) is 39.3 Å². The number of hydrogen-bond donors (Lipinski definition) is 0. The number of ether oxygens (including phenoxy) is 5. The summed E-state index contributed by atoms with van der Waals surface area (Å²) in [5.41, 5.74) is 0.302. The number of rotatable bonds is 13. The fraction of sp³-hybridized carbons (Fsp3) is 0.650. The molecular formula is C20H36O6Si2. The van der Waals surface area contributed by atoms with Gasteiger partial charge in [-0.1, -0.05) is 39.3 Å². The smallest absolute Gasteiger partial charge is 0.341 e. The second kappa shape index (κ2) is 11.6. The molecule has 0 saturated heterocycles. The van der Waals surface area contributed by atoms with Crippen molar-refractivity contribution in [2.45, 2.75) is 51.4 Å². The summed E-state index contributed by atoms with van der Waals surface area (Å²) in [6.45, 7) is 15.3. The molecule has 0 atom stereocenters. The highest BCUT2D eigenvalue weighted by Gasteiger charge is 2.16. The fourth-order valence-corrected chi connectivity index (χ4v) is 3.60. The van der Waals surface area contributed by atoms with Gasteiger partial charge in [0.2, 0.25) is 0 Å². The van der Waals surface area contributed by atoms with E-state index in [1.165, 1.54) is 7.11 Å². The average molecular weight is 429 g/mol. The Morgan fingerprint density at radius 2 is 1.39 bits per heavy atom. The summed E-state index contributed by atoms with van der Waals surface area (Å²) in [7, 11) is -0.922. The van der Waals surface area contributed by atoms with E-state index in [9.17, 15) is 4.79 Å². The molecule has 160 valence electrons. The van der Waals surface area contributed by atoms with Crippen LogP contribution in [0.3, 0.4) is 0 Å². The van der Waals surface area contributed by atoms with E-state index in [-0.39, 0.29) is 13.6 Å². The molecule has 28 heavy (non-hydrogen) atoms. The molecule has 0 aromatic heterocycles. The molecule has 0 saturated carbocycles. The molecule has 1 rings (SSSR count). The highest BCUT2D eigenvalue weighted by Crippen LogP contribution is 2.25. The van der Waals surface area contributed by atoms with Gasteiger partial charge in [-0.2, -0.15) is 0 Å². The molecule has 1 aromatic carbocycles. The van der Waals surface area contributed by atoms with Crippen LogP contribution in [0.25, 0.3) is 0 Å². The van der Waals surface area contributed by atoms with E-state index >= 15 is 0 Å². The lowest BCUT2D eigenvalue weighted by atomic mass is 10.2. The Hall–Kier alpha value is -1.36. The summed E-state index contributed by atoms with van der Waals surface area (Å²) in [5, 5.41) is 0. The zero-order valence-electron chi connectivity index (χ0n) is 18.4. The predicted octanol–water partition coefficient (Wildman–Crippen LogP) is 4.86. The van der Waals surface area contributed by atoms with E-state index < -0.39 is 22.1 Å². The Bertz CT molecular complexity index is 608. The van der Waals surface area contributed by atoms with Crippen LogP contribution < -0.4 is 9.47 Å². The maximum absolute atomic E-state index is 12.1. The summed E-state index contributed by atoms with van der Waals surface area (Å²) in [6, 6.07) is 7.17. The van der Waals surface area contributed by atoms with Crippen LogP contribution in [0.5, 0.6) is 11.5 Å².